The number of fused-ring (bicyclic) bond motifs is 1. The van der Waals surface area contributed by atoms with Crippen LogP contribution in [0.15, 0.2) is 36.5 Å². The number of nitrogens with zero attached hydrogens (tertiary/aromatic N) is 5. The summed E-state index contributed by atoms with van der Waals surface area (Å²) in [5.41, 5.74) is 1.75. The standard InChI is InChI=1S/C22H18FN5/c23-19-11-18(13-25)22(26-14-19)27-8-9-28-20(6-7-21(28)15-27)5-4-16-2-1-3-17(10-16)12-24/h1-3,10-11,14,20-21H,6-9,15H2/t20-,21-/m1/s1. The van der Waals surface area contributed by atoms with Crippen LogP contribution in [0.5, 0.6) is 0 Å². The van der Waals surface area contributed by atoms with Gasteiger partial charge in [0.15, 0.2) is 0 Å². The molecule has 0 unspecified atom stereocenters. The lowest BCUT2D eigenvalue weighted by Crippen LogP contribution is -2.52. The van der Waals surface area contributed by atoms with Crippen molar-refractivity contribution in [2.24, 2.45) is 0 Å². The monoisotopic (exact) mass is 371 g/mol. The van der Waals surface area contributed by atoms with Crippen molar-refractivity contribution in [1.29, 1.82) is 10.5 Å². The molecule has 2 saturated heterocycles. The van der Waals surface area contributed by atoms with Crippen molar-refractivity contribution in [3.05, 3.63) is 59.0 Å². The Morgan fingerprint density at radius 3 is 2.75 bits per heavy atom. The third kappa shape index (κ3) is 3.54. The van der Waals surface area contributed by atoms with Crippen LogP contribution >= 0.6 is 0 Å². The second-order valence-electron chi connectivity index (χ2n) is 7.03. The molecule has 2 aliphatic rings. The number of hydrogen-bond donors (Lipinski definition) is 0. The summed E-state index contributed by atoms with van der Waals surface area (Å²) in [5, 5.41) is 18.3. The first kappa shape index (κ1) is 18.0. The van der Waals surface area contributed by atoms with Gasteiger partial charge in [0, 0.05) is 31.2 Å². The minimum atomic E-state index is -0.490. The average Bonchev–Trinajstić information content (AvgIpc) is 3.14. The van der Waals surface area contributed by atoms with Crippen LogP contribution in [0.3, 0.4) is 0 Å². The van der Waals surface area contributed by atoms with E-state index in [1.54, 1.807) is 12.1 Å². The minimum absolute atomic E-state index is 0.189. The Morgan fingerprint density at radius 2 is 1.93 bits per heavy atom. The van der Waals surface area contributed by atoms with E-state index in [1.165, 1.54) is 12.3 Å². The van der Waals surface area contributed by atoms with E-state index in [0.717, 1.165) is 38.0 Å². The zero-order valence-corrected chi connectivity index (χ0v) is 15.3. The van der Waals surface area contributed by atoms with E-state index in [-0.39, 0.29) is 11.6 Å². The minimum Gasteiger partial charge on any atom is -0.353 e. The predicted octanol–water partition coefficient (Wildman–Crippen LogP) is 2.67. The van der Waals surface area contributed by atoms with Gasteiger partial charge in [0.25, 0.3) is 0 Å². The molecule has 0 radical (unpaired) electrons. The zero-order valence-electron chi connectivity index (χ0n) is 15.3. The highest BCUT2D eigenvalue weighted by Crippen LogP contribution is 2.30. The Balaban J connectivity index is 1.47. The van der Waals surface area contributed by atoms with Crippen LogP contribution in [0, 0.1) is 40.3 Å². The highest BCUT2D eigenvalue weighted by atomic mass is 19.1. The van der Waals surface area contributed by atoms with E-state index in [9.17, 15) is 9.65 Å². The Morgan fingerprint density at radius 1 is 1.07 bits per heavy atom. The van der Waals surface area contributed by atoms with Crippen molar-refractivity contribution in [2.75, 3.05) is 24.5 Å². The van der Waals surface area contributed by atoms with Gasteiger partial charge in [-0.25, -0.2) is 9.37 Å². The van der Waals surface area contributed by atoms with Crippen LogP contribution in [-0.4, -0.2) is 41.6 Å². The number of benzene rings is 1. The molecule has 4 rings (SSSR count). The Kier molecular flexibility index (Phi) is 4.94. The first-order chi connectivity index (χ1) is 13.7. The number of halogens is 1. The molecule has 0 amide bonds. The maximum atomic E-state index is 13.4. The van der Waals surface area contributed by atoms with Gasteiger partial charge in [-0.3, -0.25) is 4.90 Å². The number of nitriles is 2. The van der Waals surface area contributed by atoms with Crippen LogP contribution in [0.2, 0.25) is 0 Å². The fraction of sp³-hybridized carbons (Fsp3) is 0.318. The fourth-order valence-corrected chi connectivity index (χ4v) is 4.00. The van der Waals surface area contributed by atoms with Gasteiger partial charge < -0.3 is 4.90 Å². The molecule has 138 valence electrons. The molecular formula is C22H18FN5. The molecule has 6 heteroatoms. The molecule has 1 aromatic carbocycles. The lowest BCUT2D eigenvalue weighted by molar-refractivity contribution is 0.202. The quantitative estimate of drug-likeness (QED) is 0.721. The van der Waals surface area contributed by atoms with Crippen molar-refractivity contribution >= 4 is 5.82 Å². The fourth-order valence-electron chi connectivity index (χ4n) is 4.00. The molecule has 0 spiro atoms. The van der Waals surface area contributed by atoms with Crippen molar-refractivity contribution in [3.8, 4) is 24.0 Å². The summed E-state index contributed by atoms with van der Waals surface area (Å²) in [6, 6.07) is 13.3. The van der Waals surface area contributed by atoms with E-state index < -0.39 is 5.82 Å². The molecule has 0 N–H and O–H groups in total. The number of hydrogen-bond acceptors (Lipinski definition) is 5. The average molecular weight is 371 g/mol. The van der Waals surface area contributed by atoms with Crippen LogP contribution in [0.1, 0.15) is 29.5 Å². The van der Waals surface area contributed by atoms with Crippen LogP contribution < -0.4 is 4.90 Å². The van der Waals surface area contributed by atoms with Gasteiger partial charge in [0.1, 0.15) is 17.7 Å². The second kappa shape index (κ2) is 7.69. The van der Waals surface area contributed by atoms with Crippen LogP contribution in [0.4, 0.5) is 10.2 Å². The van der Waals surface area contributed by atoms with Crippen molar-refractivity contribution in [2.45, 2.75) is 24.9 Å². The third-order valence-corrected chi connectivity index (χ3v) is 5.33. The molecule has 0 aliphatic carbocycles. The maximum absolute atomic E-state index is 13.4. The zero-order chi connectivity index (χ0) is 19.5. The van der Waals surface area contributed by atoms with Crippen LogP contribution in [-0.2, 0) is 0 Å². The summed E-state index contributed by atoms with van der Waals surface area (Å²) in [6.07, 6.45) is 3.18. The van der Waals surface area contributed by atoms with E-state index in [1.807, 2.05) is 18.2 Å². The van der Waals surface area contributed by atoms with Crippen molar-refractivity contribution < 1.29 is 4.39 Å². The summed E-state index contributed by atoms with van der Waals surface area (Å²) in [7, 11) is 0. The lowest BCUT2D eigenvalue weighted by atomic mass is 10.1. The number of piperazine rings is 1. The molecule has 0 bridgehead atoms. The Labute approximate surface area is 163 Å². The van der Waals surface area contributed by atoms with Gasteiger partial charge in [-0.15, -0.1) is 0 Å². The summed E-state index contributed by atoms with van der Waals surface area (Å²) >= 11 is 0. The smallest absolute Gasteiger partial charge is 0.146 e. The molecular weight excluding hydrogens is 353 g/mol. The molecule has 2 fully saturated rings. The van der Waals surface area contributed by atoms with Gasteiger partial charge in [-0.2, -0.15) is 10.5 Å². The van der Waals surface area contributed by atoms with Crippen LogP contribution in [0.25, 0.3) is 0 Å². The van der Waals surface area contributed by atoms with Gasteiger partial charge in [0.2, 0.25) is 0 Å². The summed E-state index contributed by atoms with van der Waals surface area (Å²) in [5.74, 6) is 6.64. The van der Waals surface area contributed by atoms with Crippen molar-refractivity contribution in [1.82, 2.24) is 9.88 Å². The molecule has 2 atom stereocenters. The van der Waals surface area contributed by atoms with E-state index >= 15 is 0 Å². The number of pyridine rings is 1. The second-order valence-corrected chi connectivity index (χ2v) is 7.03. The molecule has 28 heavy (non-hydrogen) atoms. The highest BCUT2D eigenvalue weighted by Gasteiger charge is 2.37. The maximum Gasteiger partial charge on any atom is 0.146 e. The molecule has 0 saturated carbocycles. The number of aromatic nitrogens is 1. The molecule has 1 aromatic heterocycles. The number of anilines is 1. The van der Waals surface area contributed by atoms with Crippen molar-refractivity contribution in [3.63, 3.8) is 0 Å². The first-order valence-corrected chi connectivity index (χ1v) is 9.26. The first-order valence-electron chi connectivity index (χ1n) is 9.26. The Hall–Kier alpha value is -3.40. The van der Waals surface area contributed by atoms with Gasteiger partial charge >= 0.3 is 0 Å². The molecule has 5 nitrogen and oxygen atoms in total. The molecule has 2 aliphatic heterocycles. The van der Waals surface area contributed by atoms with Gasteiger partial charge in [0.05, 0.1) is 29.4 Å². The highest BCUT2D eigenvalue weighted by molar-refractivity contribution is 5.54. The predicted molar refractivity (Wildman–Crippen MR) is 103 cm³/mol. The van der Waals surface area contributed by atoms with E-state index in [2.05, 4.69) is 32.7 Å². The third-order valence-electron chi connectivity index (χ3n) is 5.33. The molecule has 2 aromatic rings. The van der Waals surface area contributed by atoms with E-state index in [0.29, 0.717) is 17.4 Å². The van der Waals surface area contributed by atoms with Gasteiger partial charge in [-0.05, 0) is 37.1 Å². The SMILES string of the molecule is N#Cc1cccc(C#C[C@@H]2CC[C@@H]3CN(c4ncc(F)cc4C#N)CCN32)c1. The van der Waals surface area contributed by atoms with Gasteiger partial charge in [-0.1, -0.05) is 17.9 Å². The summed E-state index contributed by atoms with van der Waals surface area (Å²) in [6.45, 7) is 2.31. The summed E-state index contributed by atoms with van der Waals surface area (Å²) < 4.78 is 13.4. The summed E-state index contributed by atoms with van der Waals surface area (Å²) in [4.78, 5) is 8.64. The number of rotatable bonds is 1. The lowest BCUT2D eigenvalue weighted by Gasteiger charge is -2.39. The Bertz CT molecular complexity index is 1040. The topological polar surface area (TPSA) is 67.0 Å². The largest absolute Gasteiger partial charge is 0.353 e. The molecule has 3 heterocycles. The van der Waals surface area contributed by atoms with E-state index in [4.69, 9.17) is 5.26 Å². The normalized spacial score (nSPS) is 21.2.